The zero-order valence-electron chi connectivity index (χ0n) is 12.1. The van der Waals surface area contributed by atoms with Gasteiger partial charge in [-0.1, -0.05) is 0 Å². The first kappa shape index (κ1) is 19.2. The van der Waals surface area contributed by atoms with Crippen molar-refractivity contribution in [1.29, 1.82) is 0 Å². The van der Waals surface area contributed by atoms with Crippen LogP contribution in [0.25, 0.3) is 0 Å². The van der Waals surface area contributed by atoms with E-state index in [9.17, 15) is 23.9 Å². The maximum atomic E-state index is 11.8. The van der Waals surface area contributed by atoms with Crippen molar-refractivity contribution in [2.24, 2.45) is 0 Å². The Labute approximate surface area is 134 Å². The molecule has 6 N–H and O–H groups in total. The molecule has 136 valence electrons. The van der Waals surface area contributed by atoms with Crippen molar-refractivity contribution in [3.05, 3.63) is 22.7 Å². The van der Waals surface area contributed by atoms with Crippen molar-refractivity contribution in [3.8, 4) is 0 Å². The number of hydrogen-bond acceptors (Lipinski definition) is 9. The fourth-order valence-corrected chi connectivity index (χ4v) is 3.96. The zero-order valence-corrected chi connectivity index (χ0v) is 13.9. The Morgan fingerprint density at radius 1 is 1.38 bits per heavy atom. The summed E-state index contributed by atoms with van der Waals surface area (Å²) < 4.78 is 36.6. The van der Waals surface area contributed by atoms with Crippen molar-refractivity contribution in [2.75, 3.05) is 5.73 Å². The molecule has 1 aliphatic rings. The van der Waals surface area contributed by atoms with E-state index in [1.54, 1.807) is 0 Å². The van der Waals surface area contributed by atoms with E-state index in [-0.39, 0.29) is 5.82 Å². The van der Waals surface area contributed by atoms with Crippen LogP contribution in [0.5, 0.6) is 0 Å². The molecule has 1 fully saturated rings. The normalized spacial score (nSPS) is 30.2. The molecular weight excluding hydrogens is 372 g/mol. The van der Waals surface area contributed by atoms with Crippen LogP contribution in [0.1, 0.15) is 13.2 Å². The van der Waals surface area contributed by atoms with Crippen molar-refractivity contribution >= 4 is 21.5 Å². The number of rotatable bonds is 5. The summed E-state index contributed by atoms with van der Waals surface area (Å²) in [5, 5.41) is 10.2. The summed E-state index contributed by atoms with van der Waals surface area (Å²) in [5.74, 6) is -0.0560. The minimum absolute atomic E-state index is 0.0560. The molecule has 1 saturated heterocycles. The second-order valence-electron chi connectivity index (χ2n) is 4.88. The van der Waals surface area contributed by atoms with Gasteiger partial charge in [-0.25, -0.2) is 13.9 Å². The molecule has 2 rings (SSSR count). The molecule has 0 radical (unpaired) electrons. The highest BCUT2D eigenvalue weighted by Crippen LogP contribution is 2.59. The van der Waals surface area contributed by atoms with E-state index in [1.165, 1.54) is 19.2 Å². The van der Waals surface area contributed by atoms with Crippen LogP contribution in [0, 0.1) is 0 Å². The predicted octanol–water partition coefficient (Wildman–Crippen LogP) is -1.30. The van der Waals surface area contributed by atoms with Gasteiger partial charge in [0.2, 0.25) is 0 Å². The predicted molar refractivity (Wildman–Crippen MR) is 76.3 cm³/mol. The summed E-state index contributed by atoms with van der Waals surface area (Å²) in [4.78, 5) is 41.7. The molecule has 5 atom stereocenters. The van der Waals surface area contributed by atoms with E-state index in [0.717, 1.165) is 4.57 Å². The Morgan fingerprint density at radius 2 is 2.00 bits per heavy atom. The summed E-state index contributed by atoms with van der Waals surface area (Å²) in [5.41, 5.74) is 4.50. The first-order valence-corrected chi connectivity index (χ1v) is 9.38. The Morgan fingerprint density at radius 3 is 2.54 bits per heavy atom. The summed E-state index contributed by atoms with van der Waals surface area (Å²) in [6.45, 7) is 1.35. The number of aromatic nitrogens is 2. The van der Waals surface area contributed by atoms with Crippen LogP contribution in [0.15, 0.2) is 17.1 Å². The molecule has 0 amide bonds. The molecule has 0 spiro atoms. The fraction of sp³-hybridized carbons (Fsp3) is 0.556. The largest absolute Gasteiger partial charge is 0.481 e. The highest BCUT2D eigenvalue weighted by atomic mass is 31.3. The van der Waals surface area contributed by atoms with E-state index in [2.05, 4.69) is 13.8 Å². The first-order valence-electron chi connectivity index (χ1n) is 6.36. The number of hydrogen-bond donors (Lipinski definition) is 5. The van der Waals surface area contributed by atoms with Gasteiger partial charge in [-0.15, -0.1) is 0 Å². The van der Waals surface area contributed by atoms with Gasteiger partial charge in [-0.3, -0.25) is 9.09 Å². The van der Waals surface area contributed by atoms with E-state index >= 15 is 0 Å². The maximum absolute atomic E-state index is 11.8. The standard InChI is InChI=1S/C9H15N3O10P2/c1-4-7(21-24(18,19)22-23(15,16)17)6(13)8(20-4)12-3-2-5(10)11-9(12)14/h2-4,6-8,13H,1H3,(H,18,19)(H2,10,11,14)(H2,15,16,17)/t4-,6-,7-,8-/m1/s1. The Bertz CT molecular complexity index is 762. The SMILES string of the molecule is C[C@H]1O[C@@H](n2ccc(N)nc2=O)[C@H](O)[C@@H]1OP(=O)(O)OP(=O)(O)O. The van der Waals surface area contributed by atoms with E-state index in [0.29, 0.717) is 0 Å². The summed E-state index contributed by atoms with van der Waals surface area (Å²) in [6, 6.07) is 1.27. The van der Waals surface area contributed by atoms with Crippen molar-refractivity contribution < 1.29 is 42.5 Å². The number of aliphatic hydroxyl groups is 1. The van der Waals surface area contributed by atoms with Gasteiger partial charge in [0.1, 0.15) is 18.0 Å². The van der Waals surface area contributed by atoms with E-state index in [4.69, 9.17) is 20.3 Å². The molecule has 0 bridgehead atoms. The number of nitrogen functional groups attached to an aromatic ring is 1. The lowest BCUT2D eigenvalue weighted by Gasteiger charge is -2.21. The van der Waals surface area contributed by atoms with Crippen LogP contribution in [-0.2, 0) is 22.7 Å². The van der Waals surface area contributed by atoms with Crippen LogP contribution in [0.4, 0.5) is 5.82 Å². The number of nitrogens with two attached hydrogens (primary N) is 1. The van der Waals surface area contributed by atoms with Crippen molar-refractivity contribution in [1.82, 2.24) is 9.55 Å². The van der Waals surface area contributed by atoms with Crippen LogP contribution >= 0.6 is 15.6 Å². The van der Waals surface area contributed by atoms with Gasteiger partial charge < -0.3 is 30.3 Å². The summed E-state index contributed by atoms with van der Waals surface area (Å²) in [6.07, 6.45) is -4.29. The lowest BCUT2D eigenvalue weighted by Crippen LogP contribution is -2.36. The fourth-order valence-electron chi connectivity index (χ4n) is 2.12. The average Bonchev–Trinajstić information content (AvgIpc) is 2.63. The monoisotopic (exact) mass is 387 g/mol. The van der Waals surface area contributed by atoms with Gasteiger partial charge in [0, 0.05) is 6.20 Å². The number of ether oxygens (including phenoxy) is 1. The quantitative estimate of drug-likeness (QED) is 0.374. The molecule has 0 saturated carbocycles. The maximum Gasteiger partial charge on any atom is 0.481 e. The third-order valence-electron chi connectivity index (χ3n) is 3.04. The number of phosphoric acid groups is 2. The molecule has 24 heavy (non-hydrogen) atoms. The third kappa shape index (κ3) is 4.48. The number of nitrogens with zero attached hydrogens (tertiary/aromatic N) is 2. The minimum atomic E-state index is -5.31. The van der Waals surface area contributed by atoms with Crippen LogP contribution in [0.2, 0.25) is 0 Å². The topological polar surface area (TPSA) is 204 Å². The second-order valence-corrected chi connectivity index (χ2v) is 7.66. The Balaban J connectivity index is 2.21. The van der Waals surface area contributed by atoms with Gasteiger partial charge in [-0.2, -0.15) is 9.29 Å². The molecule has 13 nitrogen and oxygen atoms in total. The molecule has 1 unspecified atom stereocenters. The van der Waals surface area contributed by atoms with Crippen molar-refractivity contribution in [2.45, 2.75) is 31.5 Å². The lowest BCUT2D eigenvalue weighted by atomic mass is 10.1. The zero-order chi connectivity index (χ0) is 18.3. The Kier molecular flexibility index (Phi) is 5.31. The molecule has 1 aliphatic heterocycles. The first-order chi connectivity index (χ1) is 10.9. The molecule has 0 aromatic carbocycles. The third-order valence-corrected chi connectivity index (χ3v) is 5.22. The van der Waals surface area contributed by atoms with Gasteiger partial charge >= 0.3 is 21.3 Å². The van der Waals surface area contributed by atoms with Crippen molar-refractivity contribution in [3.63, 3.8) is 0 Å². The van der Waals surface area contributed by atoms with E-state index < -0.39 is 45.9 Å². The summed E-state index contributed by atoms with van der Waals surface area (Å²) in [7, 11) is -10.5. The molecule has 2 heterocycles. The minimum Gasteiger partial charge on any atom is -0.386 e. The van der Waals surface area contributed by atoms with Gasteiger partial charge in [0.05, 0.1) is 6.10 Å². The molecule has 1 aromatic rings. The molecule has 1 aromatic heterocycles. The highest BCUT2D eigenvalue weighted by Gasteiger charge is 2.48. The van der Waals surface area contributed by atoms with Crippen LogP contribution in [0.3, 0.4) is 0 Å². The number of phosphoric ester groups is 1. The van der Waals surface area contributed by atoms with Crippen LogP contribution in [-0.4, -0.2) is 47.6 Å². The Hall–Kier alpha value is -1.14. The smallest absolute Gasteiger partial charge is 0.386 e. The average molecular weight is 387 g/mol. The number of anilines is 1. The van der Waals surface area contributed by atoms with Gasteiger partial charge in [0.15, 0.2) is 6.23 Å². The van der Waals surface area contributed by atoms with Gasteiger partial charge in [-0.05, 0) is 13.0 Å². The summed E-state index contributed by atoms with van der Waals surface area (Å²) >= 11 is 0. The lowest BCUT2D eigenvalue weighted by molar-refractivity contribution is -0.0349. The number of aliphatic hydroxyl groups excluding tert-OH is 1. The highest BCUT2D eigenvalue weighted by molar-refractivity contribution is 7.60. The molecular formula is C9H15N3O10P2. The van der Waals surface area contributed by atoms with E-state index in [1.807, 2.05) is 0 Å². The molecule has 15 heteroatoms. The second kappa shape index (κ2) is 6.64. The molecule has 0 aliphatic carbocycles. The van der Waals surface area contributed by atoms with Crippen LogP contribution < -0.4 is 11.4 Å². The van der Waals surface area contributed by atoms with Gasteiger partial charge in [0.25, 0.3) is 0 Å².